The number of anilines is 2. The summed E-state index contributed by atoms with van der Waals surface area (Å²) in [7, 11) is 0. The first kappa shape index (κ1) is 19.8. The molecule has 1 amide bonds. The second-order valence-corrected chi connectivity index (χ2v) is 9.74. The topological polar surface area (TPSA) is 92.6 Å². The number of nitrogens with zero attached hydrogens (tertiary/aromatic N) is 5. The number of thiophene rings is 1. The normalized spacial score (nSPS) is 22.1. The van der Waals surface area contributed by atoms with E-state index >= 15 is 0 Å². The molecule has 9 heteroatoms. The lowest BCUT2D eigenvalue weighted by Crippen LogP contribution is -2.50. The van der Waals surface area contributed by atoms with Crippen LogP contribution in [0.5, 0.6) is 0 Å². The van der Waals surface area contributed by atoms with Gasteiger partial charge in [-0.3, -0.25) is 14.8 Å². The zero-order chi connectivity index (χ0) is 21.7. The molecular weight excluding hydrogens is 424 g/mol. The van der Waals surface area contributed by atoms with E-state index in [0.29, 0.717) is 26.3 Å². The first-order valence-corrected chi connectivity index (χ1v) is 11.9. The predicted octanol–water partition coefficient (Wildman–Crippen LogP) is 3.11. The summed E-state index contributed by atoms with van der Waals surface area (Å²) in [5.74, 6) is 1.09. The van der Waals surface area contributed by atoms with Gasteiger partial charge in [-0.25, -0.2) is 9.97 Å². The van der Waals surface area contributed by atoms with E-state index in [-0.39, 0.29) is 17.9 Å². The molecule has 5 heterocycles. The summed E-state index contributed by atoms with van der Waals surface area (Å²) in [5.41, 5.74) is 4.22. The van der Waals surface area contributed by atoms with Gasteiger partial charge >= 0.3 is 0 Å². The van der Waals surface area contributed by atoms with Gasteiger partial charge in [0.2, 0.25) is 5.91 Å². The second-order valence-electron chi connectivity index (χ2n) is 8.66. The molecule has 1 N–H and O–H groups in total. The van der Waals surface area contributed by atoms with Gasteiger partial charge in [-0.15, -0.1) is 11.3 Å². The molecule has 6 rings (SSSR count). The van der Waals surface area contributed by atoms with Crippen LogP contribution in [0.4, 0.5) is 11.5 Å². The summed E-state index contributed by atoms with van der Waals surface area (Å²) in [6, 6.07) is 2.21. The van der Waals surface area contributed by atoms with Crippen LogP contribution in [0.1, 0.15) is 35.0 Å². The average Bonchev–Trinajstić information content (AvgIpc) is 3.42. The quantitative estimate of drug-likeness (QED) is 0.662. The third-order valence-corrected chi connectivity index (χ3v) is 7.75. The lowest BCUT2D eigenvalue weighted by atomic mass is 9.86. The number of nitrogens with one attached hydrogen (secondary N) is 1. The Morgan fingerprint density at radius 2 is 2.25 bits per heavy atom. The van der Waals surface area contributed by atoms with Gasteiger partial charge in [-0.05, 0) is 37.8 Å². The molecule has 0 unspecified atom stereocenters. The van der Waals surface area contributed by atoms with Crippen LogP contribution in [0.3, 0.4) is 0 Å². The van der Waals surface area contributed by atoms with Gasteiger partial charge in [0, 0.05) is 29.1 Å². The van der Waals surface area contributed by atoms with Crippen LogP contribution in [-0.4, -0.2) is 57.8 Å². The highest BCUT2D eigenvalue weighted by Crippen LogP contribution is 2.41. The third-order valence-electron chi connectivity index (χ3n) is 6.58. The summed E-state index contributed by atoms with van der Waals surface area (Å²) in [5, 5.41) is 4.52. The second kappa shape index (κ2) is 7.90. The van der Waals surface area contributed by atoms with Crippen molar-refractivity contribution in [2.45, 2.75) is 38.8 Å². The highest BCUT2D eigenvalue weighted by molar-refractivity contribution is 7.19. The van der Waals surface area contributed by atoms with Crippen LogP contribution in [0.25, 0.3) is 10.2 Å². The SMILES string of the molecule is C[C@@H]1COCCN1C(=O)[C@H]1CCc2c(sc3ncnc(Nc4cnc5c(c4)C=NC5)c23)C1. The van der Waals surface area contributed by atoms with Crippen molar-refractivity contribution in [2.75, 3.05) is 25.1 Å². The predicted molar refractivity (Wildman–Crippen MR) is 124 cm³/mol. The number of aryl methyl sites for hydroxylation is 1. The summed E-state index contributed by atoms with van der Waals surface area (Å²) in [6.07, 6.45) is 7.79. The van der Waals surface area contributed by atoms with Crippen molar-refractivity contribution in [3.8, 4) is 0 Å². The Bertz CT molecular complexity index is 1240. The number of carbonyl (C=O) groups is 1. The highest BCUT2D eigenvalue weighted by atomic mass is 32.1. The number of aromatic nitrogens is 3. The molecule has 0 bridgehead atoms. The van der Waals surface area contributed by atoms with Crippen molar-refractivity contribution >= 4 is 45.2 Å². The minimum Gasteiger partial charge on any atom is -0.377 e. The van der Waals surface area contributed by atoms with E-state index in [4.69, 9.17) is 4.74 Å². The lowest BCUT2D eigenvalue weighted by Gasteiger charge is -2.36. The van der Waals surface area contributed by atoms with Gasteiger partial charge in [0.1, 0.15) is 17.0 Å². The highest BCUT2D eigenvalue weighted by Gasteiger charge is 2.34. The maximum Gasteiger partial charge on any atom is 0.226 e. The van der Waals surface area contributed by atoms with Crippen LogP contribution in [0.15, 0.2) is 23.6 Å². The molecule has 1 saturated heterocycles. The van der Waals surface area contributed by atoms with Crippen LogP contribution >= 0.6 is 11.3 Å². The summed E-state index contributed by atoms with van der Waals surface area (Å²) >= 11 is 1.69. The van der Waals surface area contributed by atoms with E-state index in [2.05, 4.69) is 38.3 Å². The van der Waals surface area contributed by atoms with E-state index in [0.717, 1.165) is 52.2 Å². The molecule has 3 aromatic rings. The zero-order valence-electron chi connectivity index (χ0n) is 17.9. The molecule has 0 aromatic carbocycles. The molecule has 32 heavy (non-hydrogen) atoms. The molecule has 0 radical (unpaired) electrons. The Morgan fingerprint density at radius 3 is 3.16 bits per heavy atom. The smallest absolute Gasteiger partial charge is 0.226 e. The number of fused-ring (bicyclic) bond motifs is 4. The fourth-order valence-electron chi connectivity index (χ4n) is 4.89. The Morgan fingerprint density at radius 1 is 1.31 bits per heavy atom. The number of aliphatic imine (C=N–C) groups is 1. The Kier molecular flexibility index (Phi) is 4.87. The minimum absolute atomic E-state index is 0.0284. The molecule has 1 aliphatic carbocycles. The van der Waals surface area contributed by atoms with Gasteiger partial charge in [0.25, 0.3) is 0 Å². The molecule has 0 saturated carbocycles. The van der Waals surface area contributed by atoms with Crippen LogP contribution in [-0.2, 0) is 28.9 Å². The molecule has 1 fully saturated rings. The molecular formula is C23H24N6O2S. The van der Waals surface area contributed by atoms with E-state index in [1.165, 1.54) is 10.4 Å². The third kappa shape index (κ3) is 3.36. The summed E-state index contributed by atoms with van der Waals surface area (Å²) < 4.78 is 5.51. The van der Waals surface area contributed by atoms with Crippen LogP contribution < -0.4 is 5.32 Å². The Labute approximate surface area is 189 Å². The molecule has 0 spiro atoms. The number of amides is 1. The largest absolute Gasteiger partial charge is 0.377 e. The monoisotopic (exact) mass is 448 g/mol. The van der Waals surface area contributed by atoms with E-state index < -0.39 is 0 Å². The summed E-state index contributed by atoms with van der Waals surface area (Å²) in [4.78, 5) is 35.3. The van der Waals surface area contributed by atoms with Crippen molar-refractivity contribution in [3.05, 3.63) is 40.3 Å². The van der Waals surface area contributed by atoms with Crippen molar-refractivity contribution < 1.29 is 9.53 Å². The van der Waals surface area contributed by atoms with E-state index in [1.807, 2.05) is 17.3 Å². The lowest BCUT2D eigenvalue weighted by molar-refractivity contribution is -0.143. The van der Waals surface area contributed by atoms with Gasteiger partial charge < -0.3 is 15.0 Å². The number of hydrogen-bond donors (Lipinski definition) is 1. The van der Waals surface area contributed by atoms with Crippen molar-refractivity contribution in [2.24, 2.45) is 10.9 Å². The maximum absolute atomic E-state index is 13.2. The van der Waals surface area contributed by atoms with Gasteiger partial charge in [0.15, 0.2) is 0 Å². The summed E-state index contributed by atoms with van der Waals surface area (Å²) in [6.45, 7) is 4.66. The fourth-order valence-corrected chi connectivity index (χ4v) is 6.16. The fraction of sp³-hybridized carbons (Fsp3) is 0.435. The van der Waals surface area contributed by atoms with Crippen LogP contribution in [0, 0.1) is 5.92 Å². The van der Waals surface area contributed by atoms with Crippen molar-refractivity contribution in [1.29, 1.82) is 0 Å². The molecule has 2 atom stereocenters. The van der Waals surface area contributed by atoms with Gasteiger partial charge in [0.05, 0.1) is 48.8 Å². The van der Waals surface area contributed by atoms with E-state index in [9.17, 15) is 4.79 Å². The first-order chi connectivity index (χ1) is 15.7. The number of ether oxygens (including phenoxy) is 1. The molecule has 2 aliphatic heterocycles. The van der Waals surface area contributed by atoms with Crippen molar-refractivity contribution in [1.82, 2.24) is 19.9 Å². The van der Waals surface area contributed by atoms with E-state index in [1.54, 1.807) is 17.7 Å². The molecule has 3 aromatic heterocycles. The van der Waals surface area contributed by atoms with Gasteiger partial charge in [-0.2, -0.15) is 0 Å². The number of rotatable bonds is 3. The molecule has 164 valence electrons. The van der Waals surface area contributed by atoms with Gasteiger partial charge in [-0.1, -0.05) is 0 Å². The Hall–Kier alpha value is -2.91. The van der Waals surface area contributed by atoms with Crippen LogP contribution in [0.2, 0.25) is 0 Å². The Balaban J connectivity index is 1.28. The number of hydrogen-bond acceptors (Lipinski definition) is 8. The molecule has 3 aliphatic rings. The minimum atomic E-state index is 0.0284. The first-order valence-electron chi connectivity index (χ1n) is 11.1. The number of morpholine rings is 1. The number of carbonyl (C=O) groups excluding carboxylic acids is 1. The average molecular weight is 449 g/mol. The number of pyridine rings is 1. The van der Waals surface area contributed by atoms with Crippen molar-refractivity contribution in [3.63, 3.8) is 0 Å². The molecule has 8 nitrogen and oxygen atoms in total. The maximum atomic E-state index is 13.2. The standard InChI is InChI=1S/C23H24N6O2S/c1-13-11-31-5-4-29(13)23(30)14-2-3-17-19(7-14)32-22-20(17)21(26-12-27-22)28-16-6-15-8-24-10-18(15)25-9-16/h6,8-9,12-14H,2-5,7,10-11H2,1H3,(H,26,27,28)/t13-,14+/m1/s1. The zero-order valence-corrected chi connectivity index (χ0v) is 18.7.